The highest BCUT2D eigenvalue weighted by molar-refractivity contribution is 5.99. The van der Waals surface area contributed by atoms with Gasteiger partial charge in [-0.25, -0.2) is 0 Å². The minimum absolute atomic E-state index is 0.111. The Morgan fingerprint density at radius 1 is 1.11 bits per heavy atom. The summed E-state index contributed by atoms with van der Waals surface area (Å²) >= 11 is 0. The Labute approximate surface area is 111 Å². The molecule has 0 unspecified atom stereocenters. The molecular formula is C13H17NO5. The fraction of sp³-hybridized carbons (Fsp3) is 0.385. The van der Waals surface area contributed by atoms with Gasteiger partial charge in [0.2, 0.25) is 0 Å². The summed E-state index contributed by atoms with van der Waals surface area (Å²) in [6.45, 7) is 0.187. The lowest BCUT2D eigenvalue weighted by molar-refractivity contribution is -0.140. The van der Waals surface area contributed by atoms with Crippen molar-refractivity contribution >= 4 is 11.9 Å². The van der Waals surface area contributed by atoms with Crippen LogP contribution in [0.4, 0.5) is 0 Å². The first-order valence-electron chi connectivity index (χ1n) is 5.70. The molecule has 0 saturated carbocycles. The van der Waals surface area contributed by atoms with Crippen molar-refractivity contribution in [2.24, 2.45) is 0 Å². The van der Waals surface area contributed by atoms with Crippen LogP contribution in [0.3, 0.4) is 0 Å². The molecule has 0 radical (unpaired) electrons. The van der Waals surface area contributed by atoms with E-state index >= 15 is 0 Å². The van der Waals surface area contributed by atoms with Crippen molar-refractivity contribution in [2.75, 3.05) is 27.9 Å². The largest absolute Gasteiger partial charge is 0.496 e. The van der Waals surface area contributed by atoms with Crippen LogP contribution in [0.15, 0.2) is 18.2 Å². The number of methoxy groups -OCH3 is 3. The Balaban J connectivity index is 2.78. The maximum absolute atomic E-state index is 12.1. The second-order valence-corrected chi connectivity index (χ2v) is 3.62. The van der Waals surface area contributed by atoms with E-state index in [-0.39, 0.29) is 24.8 Å². The number of ether oxygens (including phenoxy) is 3. The Morgan fingerprint density at radius 3 is 2.16 bits per heavy atom. The molecule has 0 aliphatic carbocycles. The van der Waals surface area contributed by atoms with Crippen LogP contribution in [-0.4, -0.2) is 39.8 Å². The molecule has 6 heteroatoms. The van der Waals surface area contributed by atoms with E-state index in [1.165, 1.54) is 21.3 Å². The predicted octanol–water partition coefficient (Wildman–Crippen LogP) is 0.997. The van der Waals surface area contributed by atoms with Crippen LogP contribution in [0.5, 0.6) is 11.5 Å². The smallest absolute Gasteiger partial charge is 0.307 e. The van der Waals surface area contributed by atoms with Gasteiger partial charge in [-0.15, -0.1) is 0 Å². The third-order valence-corrected chi connectivity index (χ3v) is 2.50. The van der Waals surface area contributed by atoms with Gasteiger partial charge in [0.25, 0.3) is 5.91 Å². The van der Waals surface area contributed by atoms with Crippen LogP contribution < -0.4 is 14.8 Å². The fourth-order valence-electron chi connectivity index (χ4n) is 1.54. The highest BCUT2D eigenvalue weighted by Crippen LogP contribution is 2.27. The van der Waals surface area contributed by atoms with Crippen molar-refractivity contribution in [3.05, 3.63) is 23.8 Å². The summed E-state index contributed by atoms with van der Waals surface area (Å²) in [5, 5.41) is 2.61. The van der Waals surface area contributed by atoms with E-state index in [2.05, 4.69) is 10.1 Å². The summed E-state index contributed by atoms with van der Waals surface area (Å²) in [4.78, 5) is 23.0. The standard InChI is InChI=1S/C13H17NO5/c1-17-9-5-4-6-10(18-2)12(9)13(16)14-8-7-11(15)19-3/h4-6H,7-8H2,1-3H3,(H,14,16). The quantitative estimate of drug-likeness (QED) is 0.778. The molecule has 0 fully saturated rings. The lowest BCUT2D eigenvalue weighted by Crippen LogP contribution is -2.27. The van der Waals surface area contributed by atoms with E-state index < -0.39 is 0 Å². The van der Waals surface area contributed by atoms with E-state index in [1.807, 2.05) is 0 Å². The monoisotopic (exact) mass is 267 g/mol. The molecule has 0 atom stereocenters. The number of carbonyl (C=O) groups is 2. The lowest BCUT2D eigenvalue weighted by atomic mass is 10.1. The SMILES string of the molecule is COC(=O)CCNC(=O)c1c(OC)cccc1OC. The zero-order valence-electron chi connectivity index (χ0n) is 11.2. The van der Waals surface area contributed by atoms with Crippen LogP contribution in [0, 0.1) is 0 Å². The maximum Gasteiger partial charge on any atom is 0.307 e. The minimum atomic E-state index is -0.382. The van der Waals surface area contributed by atoms with Gasteiger partial charge < -0.3 is 19.5 Å². The number of amides is 1. The van der Waals surface area contributed by atoms with Gasteiger partial charge in [-0.3, -0.25) is 9.59 Å². The van der Waals surface area contributed by atoms with Crippen molar-refractivity contribution in [2.45, 2.75) is 6.42 Å². The van der Waals surface area contributed by atoms with Crippen LogP contribution >= 0.6 is 0 Å². The van der Waals surface area contributed by atoms with E-state index in [0.717, 1.165) is 0 Å². The number of esters is 1. The molecule has 0 bridgehead atoms. The van der Waals surface area contributed by atoms with Crippen LogP contribution in [-0.2, 0) is 9.53 Å². The minimum Gasteiger partial charge on any atom is -0.496 e. The number of nitrogens with one attached hydrogen (secondary N) is 1. The molecule has 1 rings (SSSR count). The number of benzene rings is 1. The molecule has 1 aromatic carbocycles. The second kappa shape index (κ2) is 7.25. The molecule has 0 aromatic heterocycles. The van der Waals surface area contributed by atoms with Crippen molar-refractivity contribution in [1.29, 1.82) is 0 Å². The molecule has 0 spiro atoms. The normalized spacial score (nSPS) is 9.63. The van der Waals surface area contributed by atoms with E-state index in [4.69, 9.17) is 9.47 Å². The Kier molecular flexibility index (Phi) is 5.66. The molecule has 19 heavy (non-hydrogen) atoms. The molecule has 6 nitrogen and oxygen atoms in total. The molecule has 0 aliphatic rings. The summed E-state index contributed by atoms with van der Waals surface area (Å²) in [6, 6.07) is 5.05. The molecule has 1 N–H and O–H groups in total. The topological polar surface area (TPSA) is 73.9 Å². The van der Waals surface area contributed by atoms with Gasteiger partial charge in [0, 0.05) is 6.54 Å². The highest BCUT2D eigenvalue weighted by Gasteiger charge is 2.17. The number of rotatable bonds is 6. The number of carbonyl (C=O) groups excluding carboxylic acids is 2. The second-order valence-electron chi connectivity index (χ2n) is 3.62. The highest BCUT2D eigenvalue weighted by atomic mass is 16.5. The van der Waals surface area contributed by atoms with E-state index in [9.17, 15) is 9.59 Å². The molecule has 0 saturated heterocycles. The van der Waals surface area contributed by atoms with Gasteiger partial charge in [0.15, 0.2) is 0 Å². The fourth-order valence-corrected chi connectivity index (χ4v) is 1.54. The molecule has 0 heterocycles. The van der Waals surface area contributed by atoms with E-state index in [0.29, 0.717) is 17.1 Å². The van der Waals surface area contributed by atoms with Crippen molar-refractivity contribution in [3.63, 3.8) is 0 Å². The zero-order valence-corrected chi connectivity index (χ0v) is 11.2. The first-order chi connectivity index (χ1) is 9.13. The maximum atomic E-state index is 12.1. The molecular weight excluding hydrogens is 250 g/mol. The average Bonchev–Trinajstić information content (AvgIpc) is 2.45. The van der Waals surface area contributed by atoms with Gasteiger partial charge in [0.1, 0.15) is 17.1 Å². The van der Waals surface area contributed by atoms with Gasteiger partial charge in [-0.05, 0) is 12.1 Å². The van der Waals surface area contributed by atoms with E-state index in [1.54, 1.807) is 18.2 Å². The first-order valence-corrected chi connectivity index (χ1v) is 5.70. The summed E-state index contributed by atoms with van der Waals surface area (Å²) in [7, 11) is 4.24. The Bertz CT molecular complexity index is 436. The lowest BCUT2D eigenvalue weighted by Gasteiger charge is -2.12. The van der Waals surface area contributed by atoms with Crippen LogP contribution in [0.2, 0.25) is 0 Å². The number of hydrogen-bond donors (Lipinski definition) is 1. The molecule has 1 aromatic rings. The van der Waals surface area contributed by atoms with Crippen molar-refractivity contribution in [3.8, 4) is 11.5 Å². The molecule has 0 aliphatic heterocycles. The van der Waals surface area contributed by atoms with Gasteiger partial charge >= 0.3 is 5.97 Å². The number of hydrogen-bond acceptors (Lipinski definition) is 5. The third kappa shape index (κ3) is 3.87. The first kappa shape index (κ1) is 14.8. The van der Waals surface area contributed by atoms with Gasteiger partial charge in [-0.2, -0.15) is 0 Å². The summed E-state index contributed by atoms with van der Waals surface area (Å²) in [6.07, 6.45) is 0.111. The van der Waals surface area contributed by atoms with Gasteiger partial charge in [-0.1, -0.05) is 6.07 Å². The average molecular weight is 267 g/mol. The predicted molar refractivity (Wildman–Crippen MR) is 68.5 cm³/mol. The summed E-state index contributed by atoms with van der Waals surface area (Å²) < 4.78 is 14.7. The third-order valence-electron chi connectivity index (χ3n) is 2.50. The van der Waals surface area contributed by atoms with Crippen molar-refractivity contribution < 1.29 is 23.8 Å². The molecule has 1 amide bonds. The molecule has 104 valence electrons. The van der Waals surface area contributed by atoms with Crippen molar-refractivity contribution in [1.82, 2.24) is 5.32 Å². The Hall–Kier alpha value is -2.24. The van der Waals surface area contributed by atoms with Gasteiger partial charge in [0.05, 0.1) is 27.8 Å². The Morgan fingerprint density at radius 2 is 1.68 bits per heavy atom. The summed E-state index contributed by atoms with van der Waals surface area (Å²) in [5.41, 5.74) is 0.303. The summed E-state index contributed by atoms with van der Waals surface area (Å²) in [5.74, 6) is 0.0790. The zero-order chi connectivity index (χ0) is 14.3. The van der Waals surface area contributed by atoms with Crippen LogP contribution in [0.25, 0.3) is 0 Å². The van der Waals surface area contributed by atoms with Crippen LogP contribution in [0.1, 0.15) is 16.8 Å².